The van der Waals surface area contributed by atoms with Gasteiger partial charge >= 0.3 is 5.97 Å². The van der Waals surface area contributed by atoms with Gasteiger partial charge in [0.15, 0.2) is 0 Å². The van der Waals surface area contributed by atoms with Gasteiger partial charge in [0.1, 0.15) is 0 Å². The lowest BCUT2D eigenvalue weighted by Crippen LogP contribution is -2.48. The van der Waals surface area contributed by atoms with Gasteiger partial charge in [-0.25, -0.2) is 4.79 Å². The number of amides is 2. The number of carbonyl (C=O) groups is 3. The van der Waals surface area contributed by atoms with Crippen LogP contribution in [0, 0.1) is 0 Å². The van der Waals surface area contributed by atoms with Crippen molar-refractivity contribution >= 4 is 35.1 Å². The maximum absolute atomic E-state index is 12.8. The lowest BCUT2D eigenvalue weighted by Gasteiger charge is -2.38. The molecule has 0 aromatic heterocycles. The topological polar surface area (TPSA) is 75.7 Å². The summed E-state index contributed by atoms with van der Waals surface area (Å²) < 4.78 is 4.80. The molecule has 0 bridgehead atoms. The first-order chi connectivity index (χ1) is 13.5. The number of hydrogen-bond donors (Lipinski definition) is 1. The van der Waals surface area contributed by atoms with Gasteiger partial charge < -0.3 is 15.0 Å². The van der Waals surface area contributed by atoms with Crippen molar-refractivity contribution in [3.05, 3.63) is 64.2 Å². The second-order valence-corrected chi connectivity index (χ2v) is 7.47. The lowest BCUT2D eigenvalue weighted by molar-refractivity contribution is -0.122. The first-order valence-electron chi connectivity index (χ1n) is 9.04. The quantitative estimate of drug-likeness (QED) is 0.788. The zero-order chi connectivity index (χ0) is 19.9. The molecule has 0 unspecified atom stereocenters. The first kappa shape index (κ1) is 18.5. The van der Waals surface area contributed by atoms with Gasteiger partial charge in [-0.1, -0.05) is 23.7 Å². The van der Waals surface area contributed by atoms with Crippen molar-refractivity contribution in [3.8, 4) is 0 Å². The highest BCUT2D eigenvalue weighted by Gasteiger charge is 2.49. The zero-order valence-electron chi connectivity index (χ0n) is 15.3. The summed E-state index contributed by atoms with van der Waals surface area (Å²) in [5, 5.41) is 3.33. The Morgan fingerprint density at radius 1 is 1.14 bits per heavy atom. The third kappa shape index (κ3) is 2.85. The van der Waals surface area contributed by atoms with Gasteiger partial charge in [-0.3, -0.25) is 9.59 Å². The third-order valence-corrected chi connectivity index (χ3v) is 5.98. The van der Waals surface area contributed by atoms with Gasteiger partial charge in [-0.2, -0.15) is 0 Å². The van der Waals surface area contributed by atoms with E-state index in [1.165, 1.54) is 7.11 Å². The minimum Gasteiger partial charge on any atom is -0.465 e. The largest absolute Gasteiger partial charge is 0.465 e. The predicted molar refractivity (Wildman–Crippen MR) is 105 cm³/mol. The molecule has 0 aliphatic carbocycles. The molecule has 1 fully saturated rings. The Balaban J connectivity index is 1.59. The van der Waals surface area contributed by atoms with E-state index in [-0.39, 0.29) is 11.8 Å². The molecule has 6 nitrogen and oxygen atoms in total. The zero-order valence-corrected chi connectivity index (χ0v) is 16.1. The molecule has 7 heteroatoms. The molecule has 0 atom stereocenters. The van der Waals surface area contributed by atoms with E-state index in [2.05, 4.69) is 5.32 Å². The smallest absolute Gasteiger partial charge is 0.337 e. The Morgan fingerprint density at radius 3 is 2.54 bits per heavy atom. The number of methoxy groups -OCH3 is 1. The normalized spacial score (nSPS) is 17.2. The molecule has 2 aromatic carbocycles. The number of nitrogens with zero attached hydrogens (tertiary/aromatic N) is 1. The fourth-order valence-electron chi connectivity index (χ4n) is 4.05. The Morgan fingerprint density at radius 2 is 1.86 bits per heavy atom. The molecule has 0 radical (unpaired) electrons. The molecule has 2 aliphatic heterocycles. The Bertz CT molecular complexity index is 980. The summed E-state index contributed by atoms with van der Waals surface area (Å²) in [7, 11) is 1.33. The number of carbonyl (C=O) groups excluding carboxylic acids is 3. The van der Waals surface area contributed by atoms with Crippen LogP contribution in [0.2, 0.25) is 5.02 Å². The number of piperidine rings is 1. The highest BCUT2D eigenvalue weighted by Crippen LogP contribution is 2.45. The van der Waals surface area contributed by atoms with Crippen molar-refractivity contribution in [2.45, 2.75) is 18.3 Å². The summed E-state index contributed by atoms with van der Waals surface area (Å²) in [4.78, 5) is 39.2. The van der Waals surface area contributed by atoms with Crippen LogP contribution >= 0.6 is 11.6 Å². The van der Waals surface area contributed by atoms with Gasteiger partial charge in [0.05, 0.1) is 28.7 Å². The van der Waals surface area contributed by atoms with Gasteiger partial charge in [-0.05, 0) is 48.7 Å². The van der Waals surface area contributed by atoms with Crippen LogP contribution in [0.1, 0.15) is 39.1 Å². The fourth-order valence-corrected chi connectivity index (χ4v) is 4.27. The summed E-state index contributed by atoms with van der Waals surface area (Å²) >= 11 is 6.15. The van der Waals surface area contributed by atoms with E-state index in [9.17, 15) is 14.4 Å². The van der Waals surface area contributed by atoms with Crippen molar-refractivity contribution in [2.75, 3.05) is 25.5 Å². The van der Waals surface area contributed by atoms with E-state index >= 15 is 0 Å². The van der Waals surface area contributed by atoms with Crippen molar-refractivity contribution < 1.29 is 19.1 Å². The van der Waals surface area contributed by atoms with E-state index < -0.39 is 11.4 Å². The number of likely N-dealkylation sites (tertiary alicyclic amines) is 1. The van der Waals surface area contributed by atoms with Crippen LogP contribution in [0.4, 0.5) is 5.69 Å². The van der Waals surface area contributed by atoms with Gasteiger partial charge in [-0.15, -0.1) is 0 Å². The summed E-state index contributed by atoms with van der Waals surface area (Å²) in [6.45, 7) is 0.860. The van der Waals surface area contributed by atoms with Crippen molar-refractivity contribution in [1.82, 2.24) is 4.90 Å². The van der Waals surface area contributed by atoms with Crippen LogP contribution in [-0.2, 0) is 14.9 Å². The summed E-state index contributed by atoms with van der Waals surface area (Å²) in [6.07, 6.45) is 0.958. The fraction of sp³-hybridized carbons (Fsp3) is 0.286. The number of esters is 1. The van der Waals surface area contributed by atoms with Gasteiger partial charge in [0.25, 0.3) is 5.91 Å². The number of rotatable bonds is 2. The Hall–Kier alpha value is -2.86. The maximum atomic E-state index is 12.8. The molecule has 2 amide bonds. The second kappa shape index (κ2) is 6.95. The van der Waals surface area contributed by atoms with Crippen LogP contribution in [0.5, 0.6) is 0 Å². The lowest BCUT2D eigenvalue weighted by atomic mass is 9.73. The van der Waals surface area contributed by atoms with Crippen LogP contribution < -0.4 is 5.32 Å². The molecule has 2 aromatic rings. The SMILES string of the molecule is COC(=O)c1ccc2c(c1)C1(CCN(C(=O)c3ccccc3Cl)CC1)C(=O)N2. The highest BCUT2D eigenvalue weighted by atomic mass is 35.5. The molecular weight excluding hydrogens is 380 g/mol. The number of hydrogen-bond acceptors (Lipinski definition) is 4. The number of anilines is 1. The van der Waals surface area contributed by atoms with Crippen LogP contribution in [0.25, 0.3) is 0 Å². The first-order valence-corrected chi connectivity index (χ1v) is 9.42. The van der Waals surface area contributed by atoms with Crippen LogP contribution in [-0.4, -0.2) is 42.9 Å². The van der Waals surface area contributed by atoms with E-state index in [1.54, 1.807) is 47.4 Å². The molecule has 2 aliphatic rings. The minimum absolute atomic E-state index is 0.0886. The number of benzene rings is 2. The molecule has 1 N–H and O–H groups in total. The minimum atomic E-state index is -0.739. The summed E-state index contributed by atoms with van der Waals surface area (Å²) in [6, 6.07) is 12.0. The average molecular weight is 399 g/mol. The maximum Gasteiger partial charge on any atom is 0.337 e. The molecular formula is C21H19ClN2O4. The standard InChI is InChI=1S/C21H19ClN2O4/c1-28-19(26)13-6-7-17-15(12-13)21(20(27)23-17)8-10-24(11-9-21)18(25)14-4-2-3-5-16(14)22/h2-7,12H,8-11H2,1H3,(H,23,27). The number of nitrogens with one attached hydrogen (secondary N) is 1. The predicted octanol–water partition coefficient (Wildman–Crippen LogP) is 3.25. The Labute approximate surface area is 167 Å². The highest BCUT2D eigenvalue weighted by molar-refractivity contribution is 6.33. The molecule has 0 saturated carbocycles. The Kier molecular flexibility index (Phi) is 4.59. The molecule has 4 rings (SSSR count). The molecule has 1 saturated heterocycles. The molecule has 2 heterocycles. The van der Waals surface area contributed by atoms with E-state index in [4.69, 9.17) is 16.3 Å². The van der Waals surface area contributed by atoms with Crippen molar-refractivity contribution in [1.29, 1.82) is 0 Å². The second-order valence-electron chi connectivity index (χ2n) is 7.06. The average Bonchev–Trinajstić information content (AvgIpc) is 2.98. The number of fused-ring (bicyclic) bond motifs is 2. The van der Waals surface area contributed by atoms with Gasteiger partial charge in [0.2, 0.25) is 5.91 Å². The van der Waals surface area contributed by atoms with Crippen molar-refractivity contribution in [3.63, 3.8) is 0 Å². The van der Waals surface area contributed by atoms with Crippen molar-refractivity contribution in [2.24, 2.45) is 0 Å². The molecule has 28 heavy (non-hydrogen) atoms. The van der Waals surface area contributed by atoms with E-state index in [0.717, 1.165) is 5.56 Å². The summed E-state index contributed by atoms with van der Waals surface area (Å²) in [5.74, 6) is -0.666. The van der Waals surface area contributed by atoms with Crippen LogP contribution in [0.15, 0.2) is 42.5 Å². The molecule has 144 valence electrons. The summed E-state index contributed by atoms with van der Waals surface area (Å²) in [5.41, 5.74) is 1.64. The number of ether oxygens (including phenoxy) is 1. The molecule has 1 spiro atoms. The van der Waals surface area contributed by atoms with Crippen LogP contribution in [0.3, 0.4) is 0 Å². The van der Waals surface area contributed by atoms with Gasteiger partial charge in [0, 0.05) is 18.8 Å². The van der Waals surface area contributed by atoms with E-state index in [1.807, 2.05) is 0 Å². The number of halogens is 1. The monoisotopic (exact) mass is 398 g/mol. The third-order valence-electron chi connectivity index (χ3n) is 5.65. The van der Waals surface area contributed by atoms with E-state index in [0.29, 0.717) is 47.8 Å².